The van der Waals surface area contributed by atoms with Crippen molar-refractivity contribution < 1.29 is 9.32 Å². The molecule has 0 aliphatic carbocycles. The second kappa shape index (κ2) is 4.88. The predicted octanol–water partition coefficient (Wildman–Crippen LogP) is 0.751. The first-order chi connectivity index (χ1) is 8.15. The molecule has 0 spiro atoms. The zero-order valence-corrected chi connectivity index (χ0v) is 9.60. The SMILES string of the molecule is Cc1noc(CNC(=O)c2ccc(Cl)nn2)n1. The Bertz CT molecular complexity index is 524. The molecule has 2 heterocycles. The molecule has 8 heteroatoms. The fourth-order valence-electron chi connectivity index (χ4n) is 1.10. The van der Waals surface area contributed by atoms with Crippen LogP contribution in [0.2, 0.25) is 5.15 Å². The van der Waals surface area contributed by atoms with E-state index < -0.39 is 0 Å². The molecule has 2 rings (SSSR count). The minimum atomic E-state index is -0.384. The number of aryl methyl sites for hydroxylation is 1. The third kappa shape index (κ3) is 2.97. The Morgan fingerprint density at radius 3 is 2.88 bits per heavy atom. The third-order valence-electron chi connectivity index (χ3n) is 1.83. The van der Waals surface area contributed by atoms with Crippen LogP contribution in [0.4, 0.5) is 0 Å². The van der Waals surface area contributed by atoms with Gasteiger partial charge in [-0.2, -0.15) is 4.98 Å². The number of carbonyl (C=O) groups excluding carboxylic acids is 1. The maximum absolute atomic E-state index is 11.6. The van der Waals surface area contributed by atoms with E-state index >= 15 is 0 Å². The van der Waals surface area contributed by atoms with Crippen molar-refractivity contribution in [3.05, 3.63) is 34.7 Å². The lowest BCUT2D eigenvalue weighted by Gasteiger charge is -2.00. The molecule has 1 N–H and O–H groups in total. The van der Waals surface area contributed by atoms with Gasteiger partial charge >= 0.3 is 0 Å². The van der Waals surface area contributed by atoms with Gasteiger partial charge in [-0.15, -0.1) is 10.2 Å². The molecule has 0 fully saturated rings. The number of hydrogen-bond donors (Lipinski definition) is 1. The minimum Gasteiger partial charge on any atom is -0.342 e. The van der Waals surface area contributed by atoms with Crippen LogP contribution < -0.4 is 5.32 Å². The fourth-order valence-corrected chi connectivity index (χ4v) is 1.20. The summed E-state index contributed by atoms with van der Waals surface area (Å²) in [4.78, 5) is 15.5. The van der Waals surface area contributed by atoms with E-state index in [0.29, 0.717) is 11.7 Å². The summed E-state index contributed by atoms with van der Waals surface area (Å²) in [6.07, 6.45) is 0. The van der Waals surface area contributed by atoms with Crippen molar-refractivity contribution in [2.75, 3.05) is 0 Å². The van der Waals surface area contributed by atoms with Crippen LogP contribution >= 0.6 is 11.6 Å². The Balaban J connectivity index is 1.95. The molecule has 7 nitrogen and oxygen atoms in total. The Morgan fingerprint density at radius 1 is 1.47 bits per heavy atom. The lowest BCUT2D eigenvalue weighted by atomic mass is 10.3. The molecule has 2 aromatic heterocycles. The van der Waals surface area contributed by atoms with Crippen LogP contribution in [0.25, 0.3) is 0 Å². The number of nitrogens with one attached hydrogen (secondary N) is 1. The molecule has 1 amide bonds. The van der Waals surface area contributed by atoms with Crippen LogP contribution in [0, 0.1) is 6.92 Å². The number of halogens is 1. The maximum atomic E-state index is 11.6. The first-order valence-electron chi connectivity index (χ1n) is 4.72. The second-order valence-electron chi connectivity index (χ2n) is 3.16. The second-order valence-corrected chi connectivity index (χ2v) is 3.55. The quantitative estimate of drug-likeness (QED) is 0.868. The van der Waals surface area contributed by atoms with Crippen molar-refractivity contribution in [1.29, 1.82) is 0 Å². The molecule has 88 valence electrons. The molecular weight excluding hydrogens is 246 g/mol. The summed E-state index contributed by atoms with van der Waals surface area (Å²) in [5, 5.41) is 13.6. The monoisotopic (exact) mass is 253 g/mol. The fraction of sp³-hybridized carbons (Fsp3) is 0.222. The average Bonchev–Trinajstić information content (AvgIpc) is 2.73. The highest BCUT2D eigenvalue weighted by Crippen LogP contribution is 2.02. The van der Waals surface area contributed by atoms with E-state index in [4.69, 9.17) is 16.1 Å². The highest BCUT2D eigenvalue weighted by Gasteiger charge is 2.09. The van der Waals surface area contributed by atoms with Gasteiger partial charge in [-0.05, 0) is 19.1 Å². The van der Waals surface area contributed by atoms with Gasteiger partial charge in [0.1, 0.15) is 0 Å². The van der Waals surface area contributed by atoms with Crippen molar-refractivity contribution in [3.63, 3.8) is 0 Å². The van der Waals surface area contributed by atoms with E-state index in [9.17, 15) is 4.79 Å². The topological polar surface area (TPSA) is 93.8 Å². The number of carbonyl (C=O) groups is 1. The van der Waals surface area contributed by atoms with E-state index in [-0.39, 0.29) is 23.3 Å². The Kier molecular flexibility index (Phi) is 3.29. The summed E-state index contributed by atoms with van der Waals surface area (Å²) in [6.45, 7) is 1.84. The van der Waals surface area contributed by atoms with Gasteiger partial charge < -0.3 is 9.84 Å². The van der Waals surface area contributed by atoms with Crippen molar-refractivity contribution in [2.45, 2.75) is 13.5 Å². The molecule has 0 unspecified atom stereocenters. The first-order valence-corrected chi connectivity index (χ1v) is 5.09. The Hall–Kier alpha value is -2.02. The summed E-state index contributed by atoms with van der Waals surface area (Å²) >= 11 is 5.55. The molecule has 0 radical (unpaired) electrons. The summed E-state index contributed by atoms with van der Waals surface area (Å²) in [6, 6.07) is 2.96. The van der Waals surface area contributed by atoms with Crippen LogP contribution in [0.15, 0.2) is 16.7 Å². The largest absolute Gasteiger partial charge is 0.342 e. The zero-order chi connectivity index (χ0) is 12.3. The molecule has 2 aromatic rings. The molecular formula is C9H8ClN5O2. The zero-order valence-electron chi connectivity index (χ0n) is 8.85. The van der Waals surface area contributed by atoms with Crippen molar-refractivity contribution in [3.8, 4) is 0 Å². The number of nitrogens with zero attached hydrogens (tertiary/aromatic N) is 4. The van der Waals surface area contributed by atoms with Crippen LogP contribution in [0.3, 0.4) is 0 Å². The molecule has 0 aliphatic rings. The van der Waals surface area contributed by atoms with E-state index in [1.165, 1.54) is 12.1 Å². The summed E-state index contributed by atoms with van der Waals surface area (Å²) < 4.78 is 4.84. The Labute approximate surface area is 101 Å². The molecule has 0 bridgehead atoms. The number of hydrogen-bond acceptors (Lipinski definition) is 6. The van der Waals surface area contributed by atoms with Gasteiger partial charge in [-0.1, -0.05) is 16.8 Å². The highest BCUT2D eigenvalue weighted by atomic mass is 35.5. The summed E-state index contributed by atoms with van der Waals surface area (Å²) in [5.74, 6) is 0.461. The van der Waals surface area contributed by atoms with E-state index in [1.807, 2.05) is 0 Å². The molecule has 0 atom stereocenters. The van der Waals surface area contributed by atoms with Crippen molar-refractivity contribution >= 4 is 17.5 Å². The van der Waals surface area contributed by atoms with Crippen LogP contribution in [0.5, 0.6) is 0 Å². The molecule has 0 aromatic carbocycles. The lowest BCUT2D eigenvalue weighted by molar-refractivity contribution is 0.0940. The van der Waals surface area contributed by atoms with Crippen LogP contribution in [-0.4, -0.2) is 26.2 Å². The number of amides is 1. The van der Waals surface area contributed by atoms with Crippen LogP contribution in [0.1, 0.15) is 22.2 Å². The minimum absolute atomic E-state index is 0.143. The van der Waals surface area contributed by atoms with Gasteiger partial charge in [0, 0.05) is 0 Å². The van der Waals surface area contributed by atoms with Gasteiger partial charge in [0.05, 0.1) is 6.54 Å². The van der Waals surface area contributed by atoms with Crippen LogP contribution in [-0.2, 0) is 6.54 Å². The molecule has 0 aliphatic heterocycles. The first kappa shape index (κ1) is 11.5. The van der Waals surface area contributed by atoms with Crippen molar-refractivity contribution in [1.82, 2.24) is 25.7 Å². The average molecular weight is 254 g/mol. The highest BCUT2D eigenvalue weighted by molar-refractivity contribution is 6.29. The standard InChI is InChI=1S/C9H8ClN5O2/c1-5-12-8(17-15-5)4-11-9(16)6-2-3-7(10)14-13-6/h2-3H,4H2,1H3,(H,11,16). The summed E-state index contributed by atoms with van der Waals surface area (Å²) in [5.41, 5.74) is 0.172. The van der Waals surface area contributed by atoms with Gasteiger partial charge in [0.25, 0.3) is 5.91 Å². The van der Waals surface area contributed by atoms with Gasteiger partial charge in [0.2, 0.25) is 5.89 Å². The van der Waals surface area contributed by atoms with Gasteiger partial charge in [0.15, 0.2) is 16.7 Å². The maximum Gasteiger partial charge on any atom is 0.272 e. The van der Waals surface area contributed by atoms with E-state index in [2.05, 4.69) is 25.7 Å². The van der Waals surface area contributed by atoms with E-state index in [0.717, 1.165) is 0 Å². The van der Waals surface area contributed by atoms with Gasteiger partial charge in [-0.25, -0.2) is 0 Å². The normalized spacial score (nSPS) is 10.2. The summed E-state index contributed by atoms with van der Waals surface area (Å²) in [7, 11) is 0. The van der Waals surface area contributed by atoms with Gasteiger partial charge in [-0.3, -0.25) is 4.79 Å². The number of rotatable bonds is 3. The number of aromatic nitrogens is 4. The lowest BCUT2D eigenvalue weighted by Crippen LogP contribution is -2.24. The van der Waals surface area contributed by atoms with Crippen molar-refractivity contribution in [2.24, 2.45) is 0 Å². The Morgan fingerprint density at radius 2 is 2.29 bits per heavy atom. The molecule has 17 heavy (non-hydrogen) atoms. The molecule has 0 saturated heterocycles. The predicted molar refractivity (Wildman–Crippen MR) is 57.2 cm³/mol. The molecule has 0 saturated carbocycles. The smallest absolute Gasteiger partial charge is 0.272 e. The third-order valence-corrected chi connectivity index (χ3v) is 2.04. The van der Waals surface area contributed by atoms with E-state index in [1.54, 1.807) is 6.92 Å².